The number of nitrogens with one attached hydrogen (secondary N) is 3. The van der Waals surface area contributed by atoms with Crippen LogP contribution >= 0.6 is 0 Å². The molecule has 5 N–H and O–H groups in total. The number of nitrogens with zero attached hydrogens (tertiary/aromatic N) is 1. The molecule has 0 aromatic rings. The summed E-state index contributed by atoms with van der Waals surface area (Å²) < 4.78 is 15.5. The van der Waals surface area contributed by atoms with Gasteiger partial charge in [0.05, 0.1) is 0 Å². The summed E-state index contributed by atoms with van der Waals surface area (Å²) in [5, 5.41) is 7.63. The summed E-state index contributed by atoms with van der Waals surface area (Å²) in [6.45, 7) is 7.00. The molecule has 0 saturated carbocycles. The van der Waals surface area contributed by atoms with Gasteiger partial charge in [0.2, 0.25) is 5.91 Å². The lowest BCUT2D eigenvalue weighted by molar-refractivity contribution is -0.137. The van der Waals surface area contributed by atoms with Crippen molar-refractivity contribution < 1.29 is 43.0 Å². The van der Waals surface area contributed by atoms with Crippen molar-refractivity contribution in [3.05, 3.63) is 12.2 Å². The highest BCUT2D eigenvalue weighted by Gasteiger charge is 2.22. The van der Waals surface area contributed by atoms with Crippen molar-refractivity contribution in [2.24, 2.45) is 5.73 Å². The number of alkyl carbamates (subject to hydrolysis) is 2. The van der Waals surface area contributed by atoms with Crippen LogP contribution in [0.5, 0.6) is 0 Å². The van der Waals surface area contributed by atoms with Gasteiger partial charge in [0, 0.05) is 64.3 Å². The number of Topliss-reactive ketones (excluding diaryl/α,β-unsaturated/α-hetero) is 1. The zero-order valence-electron chi connectivity index (χ0n) is 21.7. The summed E-state index contributed by atoms with van der Waals surface area (Å²) in [4.78, 5) is 67.5. The molecule has 1 rings (SSSR count). The first-order valence-corrected chi connectivity index (χ1v) is 12.1. The van der Waals surface area contributed by atoms with Crippen LogP contribution < -0.4 is 21.7 Å². The minimum atomic E-state index is -0.614. The van der Waals surface area contributed by atoms with Gasteiger partial charge in [-0.15, -0.1) is 0 Å². The zero-order chi connectivity index (χ0) is 28.1. The first-order valence-electron chi connectivity index (χ1n) is 12.1. The monoisotopic (exact) mass is 529 g/mol. The highest BCUT2D eigenvalue weighted by Crippen LogP contribution is 2.04. The standard InChI is InChI=1S/C15H30N4O6.C8H9NO3/c1-3-17-14(21)24-10-12(11-25-15(22)18-4-2)23-9-5-6-13(20)19-8-7-16;1-6(10)4-5-9-7(11)2-3-8(9)12/h12H,3-11,16H2,1-2H3,(H,17,21)(H,18,22)(H,19,20);2-3H,4-5H2,1H3. The van der Waals surface area contributed by atoms with E-state index in [0.29, 0.717) is 39.0 Å². The number of ketones is 1. The van der Waals surface area contributed by atoms with E-state index in [9.17, 15) is 28.8 Å². The second-order valence-corrected chi connectivity index (χ2v) is 7.61. The van der Waals surface area contributed by atoms with Crippen LogP contribution in [0.3, 0.4) is 0 Å². The van der Waals surface area contributed by atoms with Gasteiger partial charge in [0.25, 0.3) is 11.8 Å². The van der Waals surface area contributed by atoms with E-state index in [1.807, 2.05) is 0 Å². The molecule has 37 heavy (non-hydrogen) atoms. The lowest BCUT2D eigenvalue weighted by atomic mass is 10.3. The van der Waals surface area contributed by atoms with E-state index < -0.39 is 18.3 Å². The van der Waals surface area contributed by atoms with Gasteiger partial charge < -0.3 is 35.9 Å². The smallest absolute Gasteiger partial charge is 0.407 e. The van der Waals surface area contributed by atoms with Gasteiger partial charge in [-0.3, -0.25) is 24.1 Å². The average molecular weight is 530 g/mol. The Morgan fingerprint density at radius 2 is 1.46 bits per heavy atom. The summed E-state index contributed by atoms with van der Waals surface area (Å²) in [6.07, 6.45) is 1.67. The Labute approximate surface area is 216 Å². The van der Waals surface area contributed by atoms with Crippen molar-refractivity contribution in [2.75, 3.05) is 52.5 Å². The lowest BCUT2D eigenvalue weighted by Crippen LogP contribution is -2.34. The van der Waals surface area contributed by atoms with Crippen LogP contribution in [0.2, 0.25) is 0 Å². The second kappa shape index (κ2) is 20.7. The topological polar surface area (TPSA) is 195 Å². The molecular weight excluding hydrogens is 490 g/mol. The van der Waals surface area contributed by atoms with Gasteiger partial charge in [0.1, 0.15) is 25.1 Å². The highest BCUT2D eigenvalue weighted by molar-refractivity contribution is 6.13. The third-order valence-electron chi connectivity index (χ3n) is 4.40. The summed E-state index contributed by atoms with van der Waals surface area (Å²) in [6, 6.07) is 0. The highest BCUT2D eigenvalue weighted by atomic mass is 16.6. The number of ether oxygens (including phenoxy) is 3. The number of rotatable bonds is 16. The number of carbonyl (C=O) groups is 6. The van der Waals surface area contributed by atoms with E-state index in [4.69, 9.17) is 19.9 Å². The summed E-state index contributed by atoms with van der Waals surface area (Å²) in [5.74, 6) is -0.798. The van der Waals surface area contributed by atoms with Crippen LogP contribution in [0.15, 0.2) is 12.2 Å². The fraction of sp³-hybridized carbons (Fsp3) is 0.652. The molecule has 0 unspecified atom stereocenters. The molecule has 0 saturated heterocycles. The van der Waals surface area contributed by atoms with E-state index in [1.165, 1.54) is 19.1 Å². The Morgan fingerprint density at radius 1 is 0.919 bits per heavy atom. The number of hydrogen-bond acceptors (Lipinski definition) is 10. The Kier molecular flexibility index (Phi) is 18.7. The van der Waals surface area contributed by atoms with Crippen LogP contribution in [0, 0.1) is 0 Å². The Morgan fingerprint density at radius 3 is 1.92 bits per heavy atom. The SMILES string of the molecule is CC(=O)CCN1C(=O)C=CC1=O.CCNC(=O)OCC(COC(=O)NCC)OCCCC(=O)NCCN. The molecule has 0 aromatic carbocycles. The summed E-state index contributed by atoms with van der Waals surface area (Å²) >= 11 is 0. The van der Waals surface area contributed by atoms with Gasteiger partial charge in [-0.25, -0.2) is 9.59 Å². The van der Waals surface area contributed by atoms with E-state index in [2.05, 4.69) is 16.0 Å². The van der Waals surface area contributed by atoms with Crippen LogP contribution in [0.4, 0.5) is 9.59 Å². The first-order chi connectivity index (χ1) is 17.6. The van der Waals surface area contributed by atoms with Crippen molar-refractivity contribution in [3.8, 4) is 0 Å². The third kappa shape index (κ3) is 17.5. The maximum absolute atomic E-state index is 11.4. The molecule has 0 spiro atoms. The lowest BCUT2D eigenvalue weighted by Gasteiger charge is -2.18. The Hall–Kier alpha value is -3.52. The molecule has 5 amide bonds. The molecule has 1 aliphatic heterocycles. The van der Waals surface area contributed by atoms with Crippen molar-refractivity contribution in [1.82, 2.24) is 20.9 Å². The molecule has 0 aromatic heterocycles. The van der Waals surface area contributed by atoms with Crippen molar-refractivity contribution in [2.45, 2.75) is 46.1 Å². The van der Waals surface area contributed by atoms with Gasteiger partial charge in [0.15, 0.2) is 0 Å². The molecule has 0 aliphatic carbocycles. The van der Waals surface area contributed by atoms with Crippen LogP contribution in [-0.2, 0) is 33.4 Å². The Bertz CT molecular complexity index is 749. The number of hydrogen-bond donors (Lipinski definition) is 4. The third-order valence-corrected chi connectivity index (χ3v) is 4.40. The van der Waals surface area contributed by atoms with Crippen LogP contribution in [-0.4, -0.2) is 99.2 Å². The number of amides is 5. The van der Waals surface area contributed by atoms with E-state index in [1.54, 1.807) is 13.8 Å². The molecule has 0 radical (unpaired) electrons. The molecule has 1 aliphatic rings. The minimum Gasteiger partial charge on any atom is -0.447 e. The number of carbonyl (C=O) groups excluding carboxylic acids is 6. The summed E-state index contributed by atoms with van der Waals surface area (Å²) in [5.41, 5.74) is 5.30. The molecule has 1 heterocycles. The van der Waals surface area contributed by atoms with Gasteiger partial charge in [-0.2, -0.15) is 0 Å². The molecule has 14 nitrogen and oxygen atoms in total. The van der Waals surface area contributed by atoms with Crippen LogP contribution in [0.1, 0.15) is 40.0 Å². The summed E-state index contributed by atoms with van der Waals surface area (Å²) in [7, 11) is 0. The fourth-order valence-electron chi connectivity index (χ4n) is 2.58. The maximum atomic E-state index is 11.4. The fourth-order valence-corrected chi connectivity index (χ4v) is 2.58. The second-order valence-electron chi connectivity index (χ2n) is 7.61. The number of imide groups is 1. The predicted octanol–water partition coefficient (Wildman–Crippen LogP) is -0.391. The predicted molar refractivity (Wildman–Crippen MR) is 132 cm³/mol. The van der Waals surface area contributed by atoms with Crippen molar-refractivity contribution in [1.29, 1.82) is 0 Å². The van der Waals surface area contributed by atoms with Crippen molar-refractivity contribution >= 4 is 35.7 Å². The van der Waals surface area contributed by atoms with Gasteiger partial charge in [-0.1, -0.05) is 0 Å². The molecule has 210 valence electrons. The minimum absolute atomic E-state index is 0.0255. The van der Waals surface area contributed by atoms with Crippen LogP contribution in [0.25, 0.3) is 0 Å². The average Bonchev–Trinajstić information content (AvgIpc) is 3.17. The zero-order valence-corrected chi connectivity index (χ0v) is 21.7. The first kappa shape index (κ1) is 33.5. The Balaban J connectivity index is 0.000000893. The van der Waals surface area contributed by atoms with Gasteiger partial charge >= 0.3 is 12.2 Å². The molecule has 0 fully saturated rings. The van der Waals surface area contributed by atoms with E-state index >= 15 is 0 Å². The van der Waals surface area contributed by atoms with Gasteiger partial charge in [-0.05, 0) is 27.2 Å². The molecule has 0 atom stereocenters. The molecular formula is C23H39N5O9. The molecule has 0 bridgehead atoms. The largest absolute Gasteiger partial charge is 0.447 e. The molecule has 14 heteroatoms. The van der Waals surface area contributed by atoms with Crippen molar-refractivity contribution in [3.63, 3.8) is 0 Å². The van der Waals surface area contributed by atoms with E-state index in [-0.39, 0.29) is 56.3 Å². The maximum Gasteiger partial charge on any atom is 0.407 e. The quantitative estimate of drug-likeness (QED) is 0.151. The van der Waals surface area contributed by atoms with E-state index in [0.717, 1.165) is 4.90 Å². The normalized spacial score (nSPS) is 12.1. The number of nitrogens with two attached hydrogens (primary N) is 1.